The summed E-state index contributed by atoms with van der Waals surface area (Å²) < 4.78 is 55.5. The van der Waals surface area contributed by atoms with Crippen molar-refractivity contribution in [3.8, 4) is 0 Å². The van der Waals surface area contributed by atoms with E-state index in [4.69, 9.17) is 5.73 Å². The Labute approximate surface area is 109 Å². The van der Waals surface area contributed by atoms with Crippen LogP contribution in [0.5, 0.6) is 0 Å². The third-order valence-electron chi connectivity index (χ3n) is 2.36. The number of nitrogens with zero attached hydrogens (tertiary/aromatic N) is 2. The number of hydrogen-bond acceptors (Lipinski definition) is 5. The number of sulfonamides is 1. The summed E-state index contributed by atoms with van der Waals surface area (Å²) in [6.07, 6.45) is -2.58. The lowest BCUT2D eigenvalue weighted by Gasteiger charge is -2.07. The molecule has 0 radical (unpaired) electrons. The fourth-order valence-corrected chi connectivity index (χ4v) is 2.77. The summed E-state index contributed by atoms with van der Waals surface area (Å²) >= 11 is 0. The van der Waals surface area contributed by atoms with E-state index < -0.39 is 23.1 Å². The van der Waals surface area contributed by atoms with Gasteiger partial charge in [0.1, 0.15) is 11.5 Å². The van der Waals surface area contributed by atoms with Crippen LogP contribution >= 0.6 is 0 Å². The Kier molecular flexibility index (Phi) is 5.20. The topological polar surface area (TPSA) is 99.2 Å². The molecule has 3 N–H and O–H groups in total. The SMILES string of the molecule is Cc1c(S(=O)(=O)NCCOCC(F)F)c(N)nn1C. The number of hydrogen-bond donors (Lipinski definition) is 2. The highest BCUT2D eigenvalue weighted by Crippen LogP contribution is 2.20. The maximum atomic E-state index is 11.9. The number of anilines is 1. The minimum absolute atomic E-state index is 0.108. The van der Waals surface area contributed by atoms with Crippen LogP contribution < -0.4 is 10.5 Å². The van der Waals surface area contributed by atoms with Gasteiger partial charge in [-0.15, -0.1) is 0 Å². The lowest BCUT2D eigenvalue weighted by molar-refractivity contribution is 0.0199. The van der Waals surface area contributed by atoms with Crippen molar-refractivity contribution in [2.75, 3.05) is 25.5 Å². The minimum Gasteiger partial charge on any atom is -0.381 e. The van der Waals surface area contributed by atoms with Crippen LogP contribution in [0.4, 0.5) is 14.6 Å². The van der Waals surface area contributed by atoms with Gasteiger partial charge in [0.05, 0.1) is 12.3 Å². The van der Waals surface area contributed by atoms with Gasteiger partial charge >= 0.3 is 0 Å². The lowest BCUT2D eigenvalue weighted by atomic mass is 10.5. The lowest BCUT2D eigenvalue weighted by Crippen LogP contribution is -2.28. The smallest absolute Gasteiger partial charge is 0.261 e. The molecule has 0 bridgehead atoms. The third-order valence-corrected chi connectivity index (χ3v) is 3.98. The normalized spacial score (nSPS) is 12.3. The Morgan fingerprint density at radius 2 is 2.16 bits per heavy atom. The van der Waals surface area contributed by atoms with Gasteiger partial charge in [0.2, 0.25) is 10.0 Å². The van der Waals surface area contributed by atoms with Gasteiger partial charge in [-0.1, -0.05) is 0 Å². The van der Waals surface area contributed by atoms with Crippen molar-refractivity contribution < 1.29 is 21.9 Å². The minimum atomic E-state index is -3.83. The fourth-order valence-electron chi connectivity index (χ4n) is 1.44. The standard InChI is InChI=1S/C9H16F2N4O3S/c1-6-8(9(12)14-15(6)2)19(16,17)13-3-4-18-5-7(10)11/h7,13H,3-5H2,1-2H3,(H2,12,14). The molecule has 1 aromatic heterocycles. The van der Waals surface area contributed by atoms with Gasteiger partial charge in [-0.05, 0) is 6.92 Å². The quantitative estimate of drug-likeness (QED) is 0.683. The molecule has 1 rings (SSSR count). The first-order valence-corrected chi connectivity index (χ1v) is 6.88. The number of nitrogen functional groups attached to an aromatic ring is 1. The maximum absolute atomic E-state index is 11.9. The average Bonchev–Trinajstić information content (AvgIpc) is 2.52. The first-order chi connectivity index (χ1) is 8.75. The predicted molar refractivity (Wildman–Crippen MR) is 64.4 cm³/mol. The van der Waals surface area contributed by atoms with E-state index in [-0.39, 0.29) is 23.9 Å². The Hall–Kier alpha value is -1.26. The average molecular weight is 298 g/mol. The van der Waals surface area contributed by atoms with Crippen LogP contribution in [-0.4, -0.2) is 44.4 Å². The molecule has 10 heteroatoms. The molecule has 19 heavy (non-hydrogen) atoms. The number of aromatic nitrogens is 2. The van der Waals surface area contributed by atoms with E-state index in [1.807, 2.05) is 0 Å². The Bertz CT molecular complexity index is 530. The van der Waals surface area contributed by atoms with Crippen LogP contribution in [0.25, 0.3) is 0 Å². The molecule has 0 aromatic carbocycles. The fraction of sp³-hybridized carbons (Fsp3) is 0.667. The van der Waals surface area contributed by atoms with E-state index in [0.717, 1.165) is 0 Å². The van der Waals surface area contributed by atoms with Gasteiger partial charge in [-0.2, -0.15) is 5.10 Å². The van der Waals surface area contributed by atoms with Gasteiger partial charge < -0.3 is 10.5 Å². The molecule has 1 heterocycles. The molecule has 0 aliphatic rings. The van der Waals surface area contributed by atoms with Gasteiger partial charge in [0, 0.05) is 13.6 Å². The van der Waals surface area contributed by atoms with Crippen LogP contribution in [0.15, 0.2) is 4.90 Å². The van der Waals surface area contributed by atoms with Crippen molar-refractivity contribution in [2.45, 2.75) is 18.2 Å². The highest BCUT2D eigenvalue weighted by atomic mass is 32.2. The van der Waals surface area contributed by atoms with Crippen molar-refractivity contribution >= 4 is 15.8 Å². The summed E-state index contributed by atoms with van der Waals surface area (Å²) in [5.41, 5.74) is 5.90. The van der Waals surface area contributed by atoms with E-state index >= 15 is 0 Å². The molecule has 7 nitrogen and oxygen atoms in total. The summed E-state index contributed by atoms with van der Waals surface area (Å²) in [4.78, 5) is -0.108. The number of ether oxygens (including phenoxy) is 1. The number of halogens is 2. The molecule has 0 unspecified atom stereocenters. The molecule has 0 atom stereocenters. The highest BCUT2D eigenvalue weighted by Gasteiger charge is 2.24. The molecule has 1 aromatic rings. The van der Waals surface area contributed by atoms with E-state index in [9.17, 15) is 17.2 Å². The van der Waals surface area contributed by atoms with Crippen molar-refractivity contribution in [3.63, 3.8) is 0 Å². The summed E-state index contributed by atoms with van der Waals surface area (Å²) in [5, 5.41) is 3.79. The van der Waals surface area contributed by atoms with Crippen molar-refractivity contribution in [3.05, 3.63) is 5.69 Å². The zero-order valence-corrected chi connectivity index (χ0v) is 11.4. The van der Waals surface area contributed by atoms with Gasteiger partial charge in [-0.25, -0.2) is 21.9 Å². The molecule has 0 aliphatic heterocycles. The Morgan fingerprint density at radius 1 is 1.53 bits per heavy atom. The second kappa shape index (κ2) is 6.26. The van der Waals surface area contributed by atoms with Crippen molar-refractivity contribution in [1.29, 1.82) is 0 Å². The van der Waals surface area contributed by atoms with Crippen LogP contribution in [-0.2, 0) is 21.8 Å². The van der Waals surface area contributed by atoms with Gasteiger partial charge in [0.25, 0.3) is 6.43 Å². The Balaban J connectivity index is 2.62. The molecule has 110 valence electrons. The van der Waals surface area contributed by atoms with E-state index in [1.54, 1.807) is 14.0 Å². The molecule has 0 spiro atoms. The van der Waals surface area contributed by atoms with Crippen LogP contribution in [0.1, 0.15) is 5.69 Å². The zero-order chi connectivity index (χ0) is 14.6. The largest absolute Gasteiger partial charge is 0.381 e. The monoisotopic (exact) mass is 298 g/mol. The predicted octanol–water partition coefficient (Wildman–Crippen LogP) is -0.129. The molecule has 0 aliphatic carbocycles. The number of nitrogens with one attached hydrogen (secondary N) is 1. The second-order valence-electron chi connectivity index (χ2n) is 3.79. The maximum Gasteiger partial charge on any atom is 0.261 e. The summed E-state index contributed by atoms with van der Waals surface area (Å²) in [7, 11) is -2.26. The Morgan fingerprint density at radius 3 is 2.63 bits per heavy atom. The summed E-state index contributed by atoms with van der Waals surface area (Å²) in [6.45, 7) is 0.562. The number of aryl methyl sites for hydroxylation is 1. The first-order valence-electron chi connectivity index (χ1n) is 5.40. The second-order valence-corrected chi connectivity index (χ2v) is 5.49. The number of rotatable bonds is 7. The van der Waals surface area contributed by atoms with E-state index in [1.165, 1.54) is 4.68 Å². The summed E-state index contributed by atoms with van der Waals surface area (Å²) in [5.74, 6) is -0.110. The molecule has 0 amide bonds. The molecular weight excluding hydrogens is 282 g/mol. The van der Waals surface area contributed by atoms with Crippen molar-refractivity contribution in [2.24, 2.45) is 7.05 Å². The zero-order valence-electron chi connectivity index (χ0n) is 10.6. The first kappa shape index (κ1) is 15.8. The highest BCUT2D eigenvalue weighted by molar-refractivity contribution is 7.89. The van der Waals surface area contributed by atoms with Crippen LogP contribution in [0.2, 0.25) is 0 Å². The van der Waals surface area contributed by atoms with Crippen LogP contribution in [0.3, 0.4) is 0 Å². The van der Waals surface area contributed by atoms with Crippen molar-refractivity contribution in [1.82, 2.24) is 14.5 Å². The van der Waals surface area contributed by atoms with Gasteiger partial charge in [0.15, 0.2) is 5.82 Å². The molecule has 0 saturated heterocycles. The van der Waals surface area contributed by atoms with Crippen LogP contribution in [0, 0.1) is 6.92 Å². The van der Waals surface area contributed by atoms with Gasteiger partial charge in [-0.3, -0.25) is 4.68 Å². The third kappa shape index (κ3) is 4.11. The molecule has 0 saturated carbocycles. The molecular formula is C9H16F2N4O3S. The van der Waals surface area contributed by atoms with E-state index in [2.05, 4.69) is 14.6 Å². The molecule has 0 fully saturated rings. The number of alkyl halides is 2. The van der Waals surface area contributed by atoms with E-state index in [0.29, 0.717) is 5.69 Å². The number of nitrogens with two attached hydrogens (primary N) is 1. The summed E-state index contributed by atoms with van der Waals surface area (Å²) in [6, 6.07) is 0.